The van der Waals surface area contributed by atoms with Gasteiger partial charge in [-0.05, 0) is 24.2 Å². The van der Waals surface area contributed by atoms with Crippen LogP contribution in [0.25, 0.3) is 5.65 Å². The van der Waals surface area contributed by atoms with Crippen LogP contribution >= 0.6 is 0 Å². The lowest BCUT2D eigenvalue weighted by molar-refractivity contribution is 0.0942. The van der Waals surface area contributed by atoms with Crippen LogP contribution in [-0.2, 0) is 0 Å². The molecule has 2 N–H and O–H groups in total. The second-order valence-electron chi connectivity index (χ2n) is 6.27. The Hall–Kier alpha value is -1.49. The van der Waals surface area contributed by atoms with Gasteiger partial charge in [0.2, 0.25) is 0 Å². The summed E-state index contributed by atoms with van der Waals surface area (Å²) in [6.45, 7) is 6.83. The van der Waals surface area contributed by atoms with Crippen molar-refractivity contribution in [2.45, 2.75) is 45.6 Å². The van der Waals surface area contributed by atoms with Gasteiger partial charge in [-0.1, -0.05) is 20.8 Å². The molecule has 2 heterocycles. The Morgan fingerprint density at radius 2 is 2.11 bits per heavy atom. The van der Waals surface area contributed by atoms with E-state index in [1.807, 2.05) is 10.5 Å². The van der Waals surface area contributed by atoms with E-state index in [1.165, 1.54) is 0 Å². The van der Waals surface area contributed by atoms with Gasteiger partial charge in [-0.2, -0.15) is 0 Å². The second kappa shape index (κ2) is 4.27. The van der Waals surface area contributed by atoms with Crippen molar-refractivity contribution in [3.8, 4) is 0 Å². The van der Waals surface area contributed by atoms with Gasteiger partial charge >= 0.3 is 0 Å². The van der Waals surface area contributed by atoms with Gasteiger partial charge in [0.15, 0.2) is 5.65 Å². The van der Waals surface area contributed by atoms with Crippen molar-refractivity contribution in [1.82, 2.24) is 19.6 Å². The predicted molar refractivity (Wildman–Crippen MR) is 73.7 cm³/mol. The molecule has 0 bridgehead atoms. The summed E-state index contributed by atoms with van der Waals surface area (Å²) < 4.78 is 2.01. The topological polar surface area (TPSA) is 69.1 Å². The van der Waals surface area contributed by atoms with E-state index in [2.05, 4.69) is 36.0 Å². The lowest BCUT2D eigenvalue weighted by Crippen LogP contribution is -2.46. The summed E-state index contributed by atoms with van der Waals surface area (Å²) in [6.07, 6.45) is 5.66. The Labute approximate surface area is 113 Å². The number of nitrogens with zero attached hydrogens (tertiary/aromatic N) is 4. The number of nitrogens with two attached hydrogens (primary N) is 1. The van der Waals surface area contributed by atoms with Crippen LogP contribution in [-0.4, -0.2) is 25.6 Å². The molecule has 3 atom stereocenters. The smallest absolute Gasteiger partial charge is 0.163 e. The highest BCUT2D eigenvalue weighted by Crippen LogP contribution is 2.49. The van der Waals surface area contributed by atoms with Crippen molar-refractivity contribution in [3.05, 3.63) is 24.4 Å². The van der Waals surface area contributed by atoms with Crippen molar-refractivity contribution in [2.75, 3.05) is 0 Å². The van der Waals surface area contributed by atoms with E-state index in [-0.39, 0.29) is 11.5 Å². The van der Waals surface area contributed by atoms with E-state index in [0.29, 0.717) is 11.8 Å². The van der Waals surface area contributed by atoms with Gasteiger partial charge in [0.25, 0.3) is 0 Å². The highest BCUT2D eigenvalue weighted by molar-refractivity contribution is 5.36. The van der Waals surface area contributed by atoms with Crippen LogP contribution in [0.15, 0.2) is 18.6 Å². The first-order valence-corrected chi connectivity index (χ1v) is 6.92. The minimum Gasteiger partial charge on any atom is -0.327 e. The van der Waals surface area contributed by atoms with Gasteiger partial charge in [-0.25, -0.2) is 4.98 Å². The van der Waals surface area contributed by atoms with E-state index < -0.39 is 0 Å². The van der Waals surface area contributed by atoms with Gasteiger partial charge in [0.05, 0.1) is 0 Å². The molecule has 5 nitrogen and oxygen atoms in total. The van der Waals surface area contributed by atoms with Gasteiger partial charge < -0.3 is 5.73 Å². The molecule has 0 spiro atoms. The van der Waals surface area contributed by atoms with Crippen LogP contribution in [0.3, 0.4) is 0 Å². The molecule has 2 aromatic heterocycles. The Morgan fingerprint density at radius 3 is 2.89 bits per heavy atom. The van der Waals surface area contributed by atoms with Crippen LogP contribution in [0.1, 0.15) is 45.4 Å². The van der Waals surface area contributed by atoms with E-state index in [1.54, 1.807) is 12.5 Å². The van der Waals surface area contributed by atoms with E-state index in [9.17, 15) is 0 Å². The molecule has 3 rings (SSSR count). The Morgan fingerprint density at radius 1 is 1.32 bits per heavy atom. The molecular formula is C14H21N5. The highest BCUT2D eigenvalue weighted by Gasteiger charge is 2.44. The summed E-state index contributed by atoms with van der Waals surface area (Å²) in [7, 11) is 0. The predicted octanol–water partition coefficient (Wildman–Crippen LogP) is 1.99. The summed E-state index contributed by atoms with van der Waals surface area (Å²) >= 11 is 0. The SMILES string of the molecule is CC1C(N)CCC(c2nnc3ccncn23)C1(C)C. The van der Waals surface area contributed by atoms with Crippen LogP contribution in [0.4, 0.5) is 0 Å². The van der Waals surface area contributed by atoms with Crippen LogP contribution in [0, 0.1) is 11.3 Å². The first-order valence-electron chi connectivity index (χ1n) is 6.92. The van der Waals surface area contributed by atoms with Gasteiger partial charge in [0.1, 0.15) is 12.2 Å². The average molecular weight is 259 g/mol. The van der Waals surface area contributed by atoms with E-state index in [4.69, 9.17) is 5.73 Å². The fourth-order valence-corrected chi connectivity index (χ4v) is 3.31. The summed E-state index contributed by atoms with van der Waals surface area (Å²) in [4.78, 5) is 4.18. The Bertz CT molecular complexity index is 588. The molecule has 3 unspecified atom stereocenters. The van der Waals surface area contributed by atoms with Crippen LogP contribution in [0.5, 0.6) is 0 Å². The molecule has 0 saturated heterocycles. The van der Waals surface area contributed by atoms with Gasteiger partial charge in [0, 0.05) is 24.2 Å². The first kappa shape index (κ1) is 12.5. The van der Waals surface area contributed by atoms with Crippen molar-refractivity contribution in [3.63, 3.8) is 0 Å². The fourth-order valence-electron chi connectivity index (χ4n) is 3.31. The van der Waals surface area contributed by atoms with E-state index in [0.717, 1.165) is 24.3 Å². The average Bonchev–Trinajstić information content (AvgIpc) is 2.80. The molecule has 2 aromatic rings. The molecule has 1 fully saturated rings. The number of hydrogen-bond acceptors (Lipinski definition) is 4. The zero-order chi connectivity index (χ0) is 13.6. The van der Waals surface area contributed by atoms with Crippen molar-refractivity contribution in [2.24, 2.45) is 17.1 Å². The Balaban J connectivity index is 2.06. The minimum atomic E-state index is 0.121. The molecule has 0 radical (unpaired) electrons. The standard InChI is InChI=1S/C14H21N5/c1-9-11(15)5-4-10(14(9,2)3)13-18-17-12-6-7-16-8-19(12)13/h6-11H,4-5,15H2,1-3H3. The van der Waals surface area contributed by atoms with Crippen molar-refractivity contribution >= 4 is 5.65 Å². The summed E-state index contributed by atoms with van der Waals surface area (Å²) in [5, 5.41) is 8.65. The largest absolute Gasteiger partial charge is 0.327 e. The normalized spacial score (nSPS) is 30.6. The zero-order valence-corrected chi connectivity index (χ0v) is 11.7. The van der Waals surface area contributed by atoms with Crippen LogP contribution < -0.4 is 5.73 Å². The third kappa shape index (κ3) is 1.84. The van der Waals surface area contributed by atoms with Crippen LogP contribution in [0.2, 0.25) is 0 Å². The second-order valence-corrected chi connectivity index (χ2v) is 6.27. The molecule has 0 aliphatic heterocycles. The molecule has 102 valence electrons. The van der Waals surface area contributed by atoms with Gasteiger partial charge in [-0.3, -0.25) is 4.40 Å². The summed E-state index contributed by atoms with van der Waals surface area (Å²) in [6, 6.07) is 2.17. The lowest BCUT2D eigenvalue weighted by Gasteiger charge is -2.46. The summed E-state index contributed by atoms with van der Waals surface area (Å²) in [5.74, 6) is 1.86. The van der Waals surface area contributed by atoms with Crippen molar-refractivity contribution < 1.29 is 0 Å². The molecule has 19 heavy (non-hydrogen) atoms. The molecule has 1 aliphatic rings. The lowest BCUT2D eigenvalue weighted by atomic mass is 9.61. The maximum Gasteiger partial charge on any atom is 0.163 e. The number of aromatic nitrogens is 4. The zero-order valence-electron chi connectivity index (χ0n) is 11.7. The third-order valence-corrected chi connectivity index (χ3v) is 5.05. The molecule has 0 amide bonds. The third-order valence-electron chi connectivity index (χ3n) is 5.05. The fraction of sp³-hybridized carbons (Fsp3) is 0.643. The Kier molecular flexibility index (Phi) is 2.82. The first-order chi connectivity index (χ1) is 9.01. The molecule has 1 aliphatic carbocycles. The maximum absolute atomic E-state index is 6.23. The number of hydrogen-bond donors (Lipinski definition) is 1. The molecule has 0 aromatic carbocycles. The van der Waals surface area contributed by atoms with Gasteiger partial charge in [-0.15, -0.1) is 10.2 Å². The molecular weight excluding hydrogens is 238 g/mol. The quantitative estimate of drug-likeness (QED) is 0.850. The number of fused-ring (bicyclic) bond motifs is 1. The molecule has 1 saturated carbocycles. The molecule has 5 heteroatoms. The van der Waals surface area contributed by atoms with Crippen molar-refractivity contribution in [1.29, 1.82) is 0 Å². The minimum absolute atomic E-state index is 0.121. The number of rotatable bonds is 1. The highest BCUT2D eigenvalue weighted by atomic mass is 15.3. The summed E-state index contributed by atoms with van der Waals surface area (Å²) in [5.41, 5.74) is 7.21. The van der Waals surface area contributed by atoms with E-state index >= 15 is 0 Å². The maximum atomic E-state index is 6.23. The monoisotopic (exact) mass is 259 g/mol.